The second kappa shape index (κ2) is 11.2. The maximum absolute atomic E-state index is 11.3. The van der Waals surface area contributed by atoms with E-state index in [-0.39, 0.29) is 28.6 Å². The molecule has 0 fully saturated rings. The number of rotatable bonds is 4. The van der Waals surface area contributed by atoms with Gasteiger partial charge in [-0.3, -0.25) is 0 Å². The maximum Gasteiger partial charge on any atom is 2.00 e. The summed E-state index contributed by atoms with van der Waals surface area (Å²) >= 11 is 0. The molecule has 0 radical (unpaired) electrons. The van der Waals surface area contributed by atoms with E-state index in [1.165, 1.54) is 0 Å². The second-order valence-electron chi connectivity index (χ2n) is 6.39. The molecule has 0 heterocycles. The van der Waals surface area contributed by atoms with Crippen molar-refractivity contribution in [3.8, 4) is 0 Å². The average molecular weight is 354 g/mol. The van der Waals surface area contributed by atoms with Gasteiger partial charge in [-0.15, -0.1) is 11.5 Å². The molecule has 2 aliphatic rings. The van der Waals surface area contributed by atoms with Crippen LogP contribution in [0.2, 0.25) is 0 Å². The summed E-state index contributed by atoms with van der Waals surface area (Å²) < 4.78 is 0. The van der Waals surface area contributed by atoms with Crippen LogP contribution >= 0.6 is 0 Å². The molecular formula is C20H26FeO2. The van der Waals surface area contributed by atoms with E-state index in [1.54, 1.807) is 0 Å². The van der Waals surface area contributed by atoms with Crippen molar-refractivity contribution >= 4 is 0 Å². The molecule has 2 nitrogen and oxygen atoms in total. The molecule has 0 aromatic carbocycles. The molecule has 0 unspecified atom stereocenters. The third-order valence-corrected chi connectivity index (χ3v) is 3.16. The minimum absolute atomic E-state index is 0. The van der Waals surface area contributed by atoms with Crippen molar-refractivity contribution in [2.24, 2.45) is 11.8 Å². The maximum atomic E-state index is 11.3. The van der Waals surface area contributed by atoms with Crippen LogP contribution in [0.1, 0.15) is 40.5 Å². The fraction of sp³-hybridized carbons (Fsp3) is 0.400. The first-order valence-corrected chi connectivity index (χ1v) is 7.90. The van der Waals surface area contributed by atoms with Crippen molar-refractivity contribution in [1.82, 2.24) is 0 Å². The van der Waals surface area contributed by atoms with Gasteiger partial charge in [0, 0.05) is 0 Å². The summed E-state index contributed by atoms with van der Waals surface area (Å²) in [6, 6.07) is 0. The summed E-state index contributed by atoms with van der Waals surface area (Å²) in [4.78, 5) is 0. The van der Waals surface area contributed by atoms with Crippen LogP contribution in [0, 0.1) is 11.8 Å². The molecule has 0 saturated carbocycles. The van der Waals surface area contributed by atoms with E-state index in [2.05, 4.69) is 27.7 Å². The van der Waals surface area contributed by atoms with Gasteiger partial charge < -0.3 is 10.2 Å². The van der Waals surface area contributed by atoms with Crippen molar-refractivity contribution in [3.63, 3.8) is 0 Å². The third kappa shape index (κ3) is 8.68. The first-order valence-electron chi connectivity index (χ1n) is 7.90. The van der Waals surface area contributed by atoms with Gasteiger partial charge in [-0.1, -0.05) is 76.3 Å². The van der Waals surface area contributed by atoms with Crippen LogP contribution in [0.4, 0.5) is 0 Å². The molecule has 0 atom stereocenters. The van der Waals surface area contributed by atoms with Crippen molar-refractivity contribution in [2.75, 3.05) is 0 Å². The molecule has 0 aromatic heterocycles. The quantitative estimate of drug-likeness (QED) is 0.573. The van der Waals surface area contributed by atoms with Crippen molar-refractivity contribution in [1.29, 1.82) is 0 Å². The smallest absolute Gasteiger partial charge is 0.875 e. The zero-order chi connectivity index (χ0) is 16.5. The summed E-state index contributed by atoms with van der Waals surface area (Å²) in [5.41, 5.74) is 1.69. The number of allylic oxidation sites excluding steroid dienone is 12. The normalized spacial score (nSPS) is 14.3. The minimum Gasteiger partial charge on any atom is -0.875 e. The summed E-state index contributed by atoms with van der Waals surface area (Å²) in [7, 11) is 0. The molecule has 0 aliphatic heterocycles. The van der Waals surface area contributed by atoms with Gasteiger partial charge in [0.2, 0.25) is 0 Å². The Bertz CT molecular complexity index is 466. The summed E-state index contributed by atoms with van der Waals surface area (Å²) in [6.07, 6.45) is 16.4. The minimum atomic E-state index is 0. The van der Waals surface area contributed by atoms with Crippen LogP contribution in [0.5, 0.6) is 0 Å². The first kappa shape index (κ1) is 21.6. The molecule has 0 amide bonds. The van der Waals surface area contributed by atoms with E-state index in [0.717, 1.165) is 11.1 Å². The zero-order valence-corrected chi connectivity index (χ0v) is 15.5. The Labute approximate surface area is 151 Å². The van der Waals surface area contributed by atoms with Gasteiger partial charge in [-0.05, 0) is 35.8 Å². The Balaban J connectivity index is 0.000000403. The molecule has 126 valence electrons. The van der Waals surface area contributed by atoms with Gasteiger partial charge in [-0.2, -0.15) is 0 Å². The van der Waals surface area contributed by atoms with Crippen molar-refractivity contribution in [3.05, 3.63) is 71.3 Å². The molecule has 2 rings (SSSR count). The molecule has 0 bridgehead atoms. The Morgan fingerprint density at radius 1 is 0.696 bits per heavy atom. The fourth-order valence-corrected chi connectivity index (χ4v) is 2.10. The van der Waals surface area contributed by atoms with Gasteiger partial charge in [0.1, 0.15) is 0 Å². The Morgan fingerprint density at radius 3 is 1.17 bits per heavy atom. The van der Waals surface area contributed by atoms with Gasteiger partial charge >= 0.3 is 17.1 Å². The Morgan fingerprint density at radius 2 is 0.957 bits per heavy atom. The topological polar surface area (TPSA) is 46.1 Å². The SMILES string of the molecule is CC(C)CC([O-])=C1C=CC=C1.CC(C)CC([O-])=C1C=CC=C1.[Fe+2]. The van der Waals surface area contributed by atoms with Crippen molar-refractivity contribution < 1.29 is 27.3 Å². The molecule has 0 N–H and O–H groups in total. The number of hydrogen-bond acceptors (Lipinski definition) is 2. The van der Waals surface area contributed by atoms with E-state index in [0.29, 0.717) is 24.7 Å². The standard InChI is InChI=1S/2C10H14O.Fe/c2*1-8(2)7-10(11)9-5-3-4-6-9;/h2*3-6,8,11H,7H2,1-2H3;/q;;+2/p-2. The van der Waals surface area contributed by atoms with Gasteiger partial charge in [0.05, 0.1) is 0 Å². The summed E-state index contributed by atoms with van der Waals surface area (Å²) in [5.74, 6) is 1.42. The van der Waals surface area contributed by atoms with E-state index in [4.69, 9.17) is 0 Å². The Hall–Kier alpha value is -1.44. The molecule has 2 aliphatic carbocycles. The summed E-state index contributed by atoms with van der Waals surface area (Å²) in [5, 5.41) is 22.6. The van der Waals surface area contributed by atoms with Crippen LogP contribution in [0.3, 0.4) is 0 Å². The second-order valence-corrected chi connectivity index (χ2v) is 6.39. The fourth-order valence-electron chi connectivity index (χ4n) is 2.10. The molecule has 3 heteroatoms. The van der Waals surface area contributed by atoms with Crippen molar-refractivity contribution in [2.45, 2.75) is 40.5 Å². The van der Waals surface area contributed by atoms with Crippen LogP contribution in [-0.2, 0) is 17.1 Å². The van der Waals surface area contributed by atoms with Gasteiger partial charge in [0.25, 0.3) is 0 Å². The first-order chi connectivity index (χ1) is 10.4. The predicted molar refractivity (Wildman–Crippen MR) is 89.5 cm³/mol. The van der Waals surface area contributed by atoms with E-state index in [1.807, 2.05) is 48.6 Å². The molecule has 23 heavy (non-hydrogen) atoms. The predicted octanol–water partition coefficient (Wildman–Crippen LogP) is 3.54. The zero-order valence-electron chi connectivity index (χ0n) is 14.4. The largest absolute Gasteiger partial charge is 2.00 e. The van der Waals surface area contributed by atoms with Crippen LogP contribution in [0.25, 0.3) is 0 Å². The molecular weight excluding hydrogens is 328 g/mol. The third-order valence-electron chi connectivity index (χ3n) is 3.16. The van der Waals surface area contributed by atoms with Crippen LogP contribution in [-0.4, -0.2) is 0 Å². The van der Waals surface area contributed by atoms with Crippen LogP contribution in [0.15, 0.2) is 71.3 Å². The molecule has 0 spiro atoms. The molecule has 0 saturated heterocycles. The van der Waals surface area contributed by atoms with Crippen LogP contribution < -0.4 is 10.2 Å². The number of hydrogen-bond donors (Lipinski definition) is 0. The van der Waals surface area contributed by atoms with Gasteiger partial charge in [0.15, 0.2) is 0 Å². The van der Waals surface area contributed by atoms with E-state index >= 15 is 0 Å². The van der Waals surface area contributed by atoms with E-state index < -0.39 is 0 Å². The average Bonchev–Trinajstić information content (AvgIpc) is 3.12. The van der Waals surface area contributed by atoms with E-state index in [9.17, 15) is 10.2 Å². The monoisotopic (exact) mass is 354 g/mol. The summed E-state index contributed by atoms with van der Waals surface area (Å²) in [6.45, 7) is 8.23. The van der Waals surface area contributed by atoms with Gasteiger partial charge in [-0.25, -0.2) is 0 Å². The Kier molecular flexibility index (Phi) is 10.5. The molecule has 0 aromatic rings.